The van der Waals surface area contributed by atoms with Gasteiger partial charge >= 0.3 is 12.1 Å². The molecule has 1 atom stereocenters. The maximum atomic E-state index is 14.4. The minimum atomic E-state index is -1.27. The predicted octanol–water partition coefficient (Wildman–Crippen LogP) is 6.79. The molecule has 230 valence electrons. The highest BCUT2D eigenvalue weighted by Gasteiger charge is 2.40. The summed E-state index contributed by atoms with van der Waals surface area (Å²) in [5, 5.41) is 3.87. The Kier molecular flexibility index (Phi) is 10.2. The van der Waals surface area contributed by atoms with Crippen molar-refractivity contribution in [1.82, 2.24) is 14.8 Å². The Bertz CT molecular complexity index is 1490. The van der Waals surface area contributed by atoms with Crippen LogP contribution in [-0.2, 0) is 25.6 Å². The number of hydrogen-bond donors (Lipinski definition) is 1. The highest BCUT2D eigenvalue weighted by molar-refractivity contribution is 6.31. The molecule has 0 radical (unpaired) electrons. The standard InChI is InChI=1S/C33H40ClN3O6/c1-6-42-31(40)29-27(25-18-17-23(34)19-26(25)37(29)32(41)43-33(3,4)5)28(30(39)35-24-15-11-8-12-16-24)36(21(2)38)20-22-13-9-7-10-14-22/h7,9-10,13-14,17-19,24,28H,6,8,11-12,15-16,20H2,1-5H3,(H,35,39). The van der Waals surface area contributed by atoms with E-state index < -0.39 is 29.6 Å². The van der Waals surface area contributed by atoms with Gasteiger partial charge in [-0.25, -0.2) is 14.2 Å². The summed E-state index contributed by atoms with van der Waals surface area (Å²) >= 11 is 6.40. The van der Waals surface area contributed by atoms with E-state index in [9.17, 15) is 19.2 Å². The van der Waals surface area contributed by atoms with Crippen molar-refractivity contribution in [1.29, 1.82) is 0 Å². The van der Waals surface area contributed by atoms with Crippen molar-refractivity contribution < 1.29 is 28.7 Å². The molecule has 1 fully saturated rings. The van der Waals surface area contributed by atoms with Gasteiger partial charge in [0.15, 0.2) is 0 Å². The highest BCUT2D eigenvalue weighted by atomic mass is 35.5. The van der Waals surface area contributed by atoms with Crippen molar-refractivity contribution in [3.8, 4) is 0 Å². The zero-order chi connectivity index (χ0) is 31.3. The van der Waals surface area contributed by atoms with Crippen molar-refractivity contribution in [3.05, 3.63) is 70.4 Å². The fourth-order valence-electron chi connectivity index (χ4n) is 5.58. The number of hydrogen-bond acceptors (Lipinski definition) is 6. The van der Waals surface area contributed by atoms with Crippen LogP contribution in [0, 0.1) is 0 Å². The van der Waals surface area contributed by atoms with Gasteiger partial charge in [-0.15, -0.1) is 0 Å². The molecule has 9 nitrogen and oxygen atoms in total. The minimum Gasteiger partial charge on any atom is -0.461 e. The fraction of sp³-hybridized carbons (Fsp3) is 0.455. The lowest BCUT2D eigenvalue weighted by atomic mass is 9.94. The second-order valence-corrected chi connectivity index (χ2v) is 12.3. The van der Waals surface area contributed by atoms with Gasteiger partial charge < -0.3 is 19.7 Å². The predicted molar refractivity (Wildman–Crippen MR) is 165 cm³/mol. The number of nitrogens with zero attached hydrogens (tertiary/aromatic N) is 2. The molecular formula is C33H40ClN3O6. The smallest absolute Gasteiger partial charge is 0.419 e. The Labute approximate surface area is 257 Å². The summed E-state index contributed by atoms with van der Waals surface area (Å²) in [6.07, 6.45) is 3.87. The van der Waals surface area contributed by atoms with E-state index in [0.29, 0.717) is 10.4 Å². The van der Waals surface area contributed by atoms with E-state index in [-0.39, 0.29) is 41.9 Å². The normalized spacial score (nSPS) is 14.7. The number of halogens is 1. The number of fused-ring (bicyclic) bond motifs is 1. The maximum absolute atomic E-state index is 14.4. The lowest BCUT2D eigenvalue weighted by Gasteiger charge is -2.33. The molecule has 3 aromatic rings. The van der Waals surface area contributed by atoms with Gasteiger partial charge in [-0.05, 0) is 58.2 Å². The highest BCUT2D eigenvalue weighted by Crippen LogP contribution is 2.38. The molecule has 1 heterocycles. The van der Waals surface area contributed by atoms with Gasteiger partial charge in [0.05, 0.1) is 12.1 Å². The van der Waals surface area contributed by atoms with Crippen molar-refractivity contribution >= 4 is 46.4 Å². The number of nitrogens with one attached hydrogen (secondary N) is 1. The molecule has 0 spiro atoms. The molecule has 0 saturated heterocycles. The van der Waals surface area contributed by atoms with Gasteiger partial charge in [-0.3, -0.25) is 9.59 Å². The fourth-order valence-corrected chi connectivity index (χ4v) is 5.75. The lowest BCUT2D eigenvalue weighted by Crippen LogP contribution is -2.46. The molecule has 4 rings (SSSR count). The zero-order valence-corrected chi connectivity index (χ0v) is 26.2. The van der Waals surface area contributed by atoms with Crippen LogP contribution in [0.5, 0.6) is 0 Å². The first kappa shape index (κ1) is 32.1. The van der Waals surface area contributed by atoms with Gasteiger partial charge in [0.1, 0.15) is 17.3 Å². The second-order valence-electron chi connectivity index (χ2n) is 11.8. The van der Waals surface area contributed by atoms with E-state index in [1.165, 1.54) is 11.8 Å². The first-order valence-electron chi connectivity index (χ1n) is 14.8. The van der Waals surface area contributed by atoms with Gasteiger partial charge in [0, 0.05) is 35.5 Å². The van der Waals surface area contributed by atoms with Crippen LogP contribution in [-0.4, -0.2) is 51.6 Å². The summed E-state index contributed by atoms with van der Waals surface area (Å²) in [5.41, 5.74) is 0.157. The van der Waals surface area contributed by atoms with Crippen LogP contribution >= 0.6 is 11.6 Å². The van der Waals surface area contributed by atoms with E-state index in [1.54, 1.807) is 45.9 Å². The molecule has 2 amide bonds. The zero-order valence-electron chi connectivity index (χ0n) is 25.4. The number of rotatable bonds is 8. The maximum Gasteiger partial charge on any atom is 0.419 e. The molecule has 1 aromatic heterocycles. The van der Waals surface area contributed by atoms with Crippen LogP contribution in [0.1, 0.15) is 94.4 Å². The van der Waals surface area contributed by atoms with E-state index in [0.717, 1.165) is 42.2 Å². The quantitative estimate of drug-likeness (QED) is 0.282. The van der Waals surface area contributed by atoms with Crippen molar-refractivity contribution in [3.63, 3.8) is 0 Å². The van der Waals surface area contributed by atoms with Crippen LogP contribution in [0.4, 0.5) is 4.79 Å². The molecule has 1 unspecified atom stereocenters. The van der Waals surface area contributed by atoms with Crippen molar-refractivity contribution in [2.24, 2.45) is 0 Å². The third-order valence-corrected chi connectivity index (χ3v) is 7.63. The van der Waals surface area contributed by atoms with Gasteiger partial charge in [-0.1, -0.05) is 67.3 Å². The third kappa shape index (κ3) is 7.57. The number of carbonyl (C=O) groups is 4. The Morgan fingerprint density at radius 1 is 1.05 bits per heavy atom. The van der Waals surface area contributed by atoms with Crippen LogP contribution in [0.2, 0.25) is 5.02 Å². The van der Waals surface area contributed by atoms with Gasteiger partial charge in [0.2, 0.25) is 11.8 Å². The van der Waals surface area contributed by atoms with Crippen molar-refractivity contribution in [2.75, 3.05) is 6.61 Å². The Hall–Kier alpha value is -3.85. The molecule has 1 saturated carbocycles. The van der Waals surface area contributed by atoms with Gasteiger partial charge in [-0.2, -0.15) is 0 Å². The molecule has 1 aliphatic rings. The number of benzene rings is 2. The average Bonchev–Trinajstić information content (AvgIpc) is 3.27. The van der Waals surface area contributed by atoms with Crippen LogP contribution < -0.4 is 5.32 Å². The minimum absolute atomic E-state index is 0.0221. The van der Waals surface area contributed by atoms with E-state index in [1.807, 2.05) is 30.3 Å². The molecule has 0 aliphatic heterocycles. The van der Waals surface area contributed by atoms with Crippen LogP contribution in [0.3, 0.4) is 0 Å². The number of aromatic nitrogens is 1. The van der Waals surface area contributed by atoms with Crippen LogP contribution in [0.15, 0.2) is 48.5 Å². The summed E-state index contributed by atoms with van der Waals surface area (Å²) in [6, 6.07) is 12.8. The van der Waals surface area contributed by atoms with Crippen LogP contribution in [0.25, 0.3) is 10.9 Å². The summed E-state index contributed by atoms with van der Waals surface area (Å²) in [7, 11) is 0. The van der Waals surface area contributed by atoms with E-state index >= 15 is 0 Å². The molecular weight excluding hydrogens is 570 g/mol. The van der Waals surface area contributed by atoms with E-state index in [4.69, 9.17) is 21.1 Å². The molecule has 10 heteroatoms. The molecule has 2 aromatic carbocycles. The Balaban J connectivity index is 2.02. The average molecular weight is 610 g/mol. The second kappa shape index (κ2) is 13.6. The molecule has 1 aliphatic carbocycles. The molecule has 43 heavy (non-hydrogen) atoms. The monoisotopic (exact) mass is 609 g/mol. The topological polar surface area (TPSA) is 107 Å². The Morgan fingerprint density at radius 2 is 1.72 bits per heavy atom. The summed E-state index contributed by atoms with van der Waals surface area (Å²) in [4.78, 5) is 56.7. The SMILES string of the molecule is CCOC(=O)c1c(C(C(=O)NC2CCCCC2)N(Cc2ccccc2)C(C)=O)c2ccc(Cl)cc2n1C(=O)OC(C)(C)C. The number of carbonyl (C=O) groups excluding carboxylic acids is 4. The first-order valence-corrected chi connectivity index (χ1v) is 15.1. The number of ether oxygens (including phenoxy) is 2. The lowest BCUT2D eigenvalue weighted by molar-refractivity contribution is -0.140. The summed E-state index contributed by atoms with van der Waals surface area (Å²) < 4.78 is 12.3. The largest absolute Gasteiger partial charge is 0.461 e. The first-order chi connectivity index (χ1) is 20.4. The number of esters is 1. The number of amides is 2. The van der Waals surface area contributed by atoms with Crippen molar-refractivity contribution in [2.45, 2.75) is 91.0 Å². The summed E-state index contributed by atoms with van der Waals surface area (Å²) in [5.74, 6) is -1.65. The van der Waals surface area contributed by atoms with Gasteiger partial charge in [0.25, 0.3) is 0 Å². The Morgan fingerprint density at radius 3 is 2.33 bits per heavy atom. The summed E-state index contributed by atoms with van der Waals surface area (Å²) in [6.45, 7) is 8.30. The molecule has 1 N–H and O–H groups in total. The van der Waals surface area contributed by atoms with E-state index in [2.05, 4.69) is 5.32 Å². The molecule has 0 bridgehead atoms. The third-order valence-electron chi connectivity index (χ3n) is 7.40.